The summed E-state index contributed by atoms with van der Waals surface area (Å²) in [5, 5.41) is 9.66. The van der Waals surface area contributed by atoms with Crippen LogP contribution in [0.3, 0.4) is 0 Å². The molecule has 1 saturated heterocycles. The number of carboxylic acid groups (broad SMARTS) is 1. The van der Waals surface area contributed by atoms with Gasteiger partial charge in [0, 0.05) is 12.1 Å². The molecule has 1 fully saturated rings. The van der Waals surface area contributed by atoms with Gasteiger partial charge in [-0.3, -0.25) is 9.69 Å². The lowest BCUT2D eigenvalue weighted by atomic mass is 9.95. The summed E-state index contributed by atoms with van der Waals surface area (Å²) in [6, 6.07) is 15.0. The molecule has 5 heteroatoms. The summed E-state index contributed by atoms with van der Waals surface area (Å²) in [6.07, 6.45) is 1.53. The number of para-hydroxylation sites is 1. The first-order valence-corrected chi connectivity index (χ1v) is 8.41. The van der Waals surface area contributed by atoms with E-state index in [1.54, 1.807) is 14.2 Å². The molecule has 1 aliphatic heterocycles. The molecule has 0 amide bonds. The molecule has 2 aromatic carbocycles. The molecule has 0 saturated carbocycles. The maximum absolute atomic E-state index is 11.8. The molecule has 1 N–H and O–H groups in total. The average Bonchev–Trinajstić information content (AvgIpc) is 3.12. The summed E-state index contributed by atoms with van der Waals surface area (Å²) >= 11 is 0. The molecule has 2 unspecified atom stereocenters. The molecule has 132 valence electrons. The van der Waals surface area contributed by atoms with Gasteiger partial charge in [0.1, 0.15) is 6.04 Å². The molecular formula is C20H23NO4. The highest BCUT2D eigenvalue weighted by molar-refractivity contribution is 5.74. The molecule has 0 radical (unpaired) electrons. The van der Waals surface area contributed by atoms with Gasteiger partial charge in [-0.25, -0.2) is 0 Å². The second kappa shape index (κ2) is 7.57. The van der Waals surface area contributed by atoms with E-state index in [0.29, 0.717) is 17.9 Å². The van der Waals surface area contributed by atoms with Crippen LogP contribution in [0.15, 0.2) is 48.5 Å². The Morgan fingerprint density at radius 1 is 1.12 bits per heavy atom. The van der Waals surface area contributed by atoms with Crippen molar-refractivity contribution in [3.63, 3.8) is 0 Å². The Kier molecular flexibility index (Phi) is 5.24. The van der Waals surface area contributed by atoms with E-state index in [1.807, 2.05) is 48.5 Å². The number of carboxylic acids is 1. The number of nitrogens with zero attached hydrogens (tertiary/aromatic N) is 1. The molecule has 1 aliphatic rings. The fourth-order valence-corrected chi connectivity index (χ4v) is 3.68. The molecule has 0 aromatic heterocycles. The number of benzene rings is 2. The number of carbonyl (C=O) groups is 1. The molecule has 5 nitrogen and oxygen atoms in total. The van der Waals surface area contributed by atoms with Gasteiger partial charge in [0.25, 0.3) is 0 Å². The number of likely N-dealkylation sites (tertiary alicyclic amines) is 1. The molecule has 2 aromatic rings. The van der Waals surface area contributed by atoms with Crippen molar-refractivity contribution < 1.29 is 19.4 Å². The van der Waals surface area contributed by atoms with Gasteiger partial charge in [-0.1, -0.05) is 42.5 Å². The third-order valence-corrected chi connectivity index (χ3v) is 4.75. The monoisotopic (exact) mass is 341 g/mol. The molecule has 1 heterocycles. The largest absolute Gasteiger partial charge is 0.493 e. The summed E-state index contributed by atoms with van der Waals surface area (Å²) in [7, 11) is 3.22. The van der Waals surface area contributed by atoms with Crippen LogP contribution in [-0.4, -0.2) is 42.8 Å². The van der Waals surface area contributed by atoms with Crippen LogP contribution in [-0.2, 0) is 4.79 Å². The van der Waals surface area contributed by atoms with E-state index in [1.165, 1.54) is 0 Å². The molecular weight excluding hydrogens is 318 g/mol. The third-order valence-electron chi connectivity index (χ3n) is 4.75. The van der Waals surface area contributed by atoms with Crippen molar-refractivity contribution in [1.29, 1.82) is 0 Å². The van der Waals surface area contributed by atoms with Gasteiger partial charge in [-0.15, -0.1) is 0 Å². The summed E-state index contributed by atoms with van der Waals surface area (Å²) in [6.45, 7) is 0.733. The minimum atomic E-state index is -0.778. The van der Waals surface area contributed by atoms with Crippen LogP contribution in [0.2, 0.25) is 0 Å². The van der Waals surface area contributed by atoms with Crippen LogP contribution in [0.25, 0.3) is 0 Å². The van der Waals surface area contributed by atoms with E-state index in [2.05, 4.69) is 4.90 Å². The van der Waals surface area contributed by atoms with Gasteiger partial charge >= 0.3 is 5.97 Å². The maximum atomic E-state index is 11.8. The number of rotatable bonds is 6. The van der Waals surface area contributed by atoms with Crippen LogP contribution >= 0.6 is 0 Å². The topological polar surface area (TPSA) is 59.0 Å². The first kappa shape index (κ1) is 17.3. The van der Waals surface area contributed by atoms with Gasteiger partial charge in [-0.05, 0) is 24.5 Å². The van der Waals surface area contributed by atoms with Crippen molar-refractivity contribution in [1.82, 2.24) is 4.90 Å². The predicted octanol–water partition coefficient (Wildman–Crippen LogP) is 3.34. The quantitative estimate of drug-likeness (QED) is 0.873. The first-order valence-electron chi connectivity index (χ1n) is 8.41. The van der Waals surface area contributed by atoms with Crippen LogP contribution in [0, 0.1) is 0 Å². The highest BCUT2D eigenvalue weighted by Crippen LogP contribution is 2.42. The van der Waals surface area contributed by atoms with Gasteiger partial charge in [0.05, 0.1) is 20.3 Å². The summed E-state index contributed by atoms with van der Waals surface area (Å²) in [4.78, 5) is 13.8. The normalized spacial score (nSPS) is 18.7. The molecule has 0 bridgehead atoms. The van der Waals surface area contributed by atoms with E-state index in [9.17, 15) is 9.90 Å². The van der Waals surface area contributed by atoms with Crippen LogP contribution < -0.4 is 9.47 Å². The van der Waals surface area contributed by atoms with Crippen LogP contribution in [0.4, 0.5) is 0 Å². The van der Waals surface area contributed by atoms with Crippen molar-refractivity contribution in [3.8, 4) is 11.5 Å². The zero-order valence-electron chi connectivity index (χ0n) is 14.5. The second-order valence-electron chi connectivity index (χ2n) is 6.13. The third kappa shape index (κ3) is 3.33. The van der Waals surface area contributed by atoms with Crippen LogP contribution in [0.1, 0.15) is 30.0 Å². The van der Waals surface area contributed by atoms with E-state index in [-0.39, 0.29) is 6.04 Å². The van der Waals surface area contributed by atoms with Crippen LogP contribution in [0.5, 0.6) is 11.5 Å². The number of hydrogen-bond donors (Lipinski definition) is 1. The number of ether oxygens (including phenoxy) is 2. The minimum absolute atomic E-state index is 0.199. The molecule has 2 atom stereocenters. The summed E-state index contributed by atoms with van der Waals surface area (Å²) in [5.74, 6) is 0.516. The summed E-state index contributed by atoms with van der Waals surface area (Å²) < 4.78 is 11.1. The Morgan fingerprint density at radius 3 is 2.52 bits per heavy atom. The lowest BCUT2D eigenvalue weighted by Gasteiger charge is -2.33. The highest BCUT2D eigenvalue weighted by Gasteiger charge is 2.38. The lowest BCUT2D eigenvalue weighted by Crippen LogP contribution is -2.39. The van der Waals surface area contributed by atoms with Crippen molar-refractivity contribution in [2.75, 3.05) is 20.8 Å². The van der Waals surface area contributed by atoms with E-state index in [0.717, 1.165) is 24.1 Å². The Hall–Kier alpha value is -2.53. The lowest BCUT2D eigenvalue weighted by molar-refractivity contribution is -0.142. The number of methoxy groups -OCH3 is 2. The Bertz CT molecular complexity index is 732. The van der Waals surface area contributed by atoms with E-state index >= 15 is 0 Å². The predicted molar refractivity (Wildman–Crippen MR) is 95.2 cm³/mol. The van der Waals surface area contributed by atoms with Gasteiger partial charge in [0.2, 0.25) is 0 Å². The Labute approximate surface area is 147 Å². The number of aliphatic carboxylic acids is 1. The van der Waals surface area contributed by atoms with E-state index in [4.69, 9.17) is 9.47 Å². The van der Waals surface area contributed by atoms with Crippen molar-refractivity contribution in [2.45, 2.75) is 24.9 Å². The van der Waals surface area contributed by atoms with Crippen molar-refractivity contribution >= 4 is 5.97 Å². The highest BCUT2D eigenvalue weighted by atomic mass is 16.5. The fourth-order valence-electron chi connectivity index (χ4n) is 3.68. The maximum Gasteiger partial charge on any atom is 0.320 e. The summed E-state index contributed by atoms with van der Waals surface area (Å²) in [5.41, 5.74) is 1.96. The van der Waals surface area contributed by atoms with Gasteiger partial charge in [-0.2, -0.15) is 0 Å². The first-order chi connectivity index (χ1) is 12.2. The molecule has 25 heavy (non-hydrogen) atoms. The van der Waals surface area contributed by atoms with Crippen molar-refractivity contribution in [3.05, 3.63) is 59.7 Å². The molecule has 3 rings (SSSR count). The standard InChI is InChI=1S/C20H23NO4/c1-24-17-12-6-10-15(19(17)25-2)18(14-8-4-3-5-9-14)21-13-7-11-16(21)20(22)23/h3-6,8-10,12,16,18H,7,11,13H2,1-2H3,(H,22,23). The smallest absolute Gasteiger partial charge is 0.320 e. The minimum Gasteiger partial charge on any atom is -0.493 e. The van der Waals surface area contributed by atoms with Gasteiger partial charge < -0.3 is 14.6 Å². The zero-order chi connectivity index (χ0) is 17.8. The van der Waals surface area contributed by atoms with Crippen molar-refractivity contribution in [2.24, 2.45) is 0 Å². The number of hydrogen-bond acceptors (Lipinski definition) is 4. The Balaban J connectivity index is 2.15. The van der Waals surface area contributed by atoms with E-state index < -0.39 is 12.0 Å². The molecule has 0 aliphatic carbocycles. The SMILES string of the molecule is COc1cccc(C(c2ccccc2)N2CCCC2C(=O)O)c1OC. The second-order valence-corrected chi connectivity index (χ2v) is 6.13. The average molecular weight is 341 g/mol. The fraction of sp³-hybridized carbons (Fsp3) is 0.350. The Morgan fingerprint density at radius 2 is 1.88 bits per heavy atom. The zero-order valence-corrected chi connectivity index (χ0v) is 14.5. The molecule has 0 spiro atoms. The van der Waals surface area contributed by atoms with Gasteiger partial charge in [0.15, 0.2) is 11.5 Å².